The van der Waals surface area contributed by atoms with Crippen molar-refractivity contribution in [3.8, 4) is 5.69 Å². The fourth-order valence-corrected chi connectivity index (χ4v) is 3.64. The minimum atomic E-state index is -0.484. The second kappa shape index (κ2) is 7.25. The van der Waals surface area contributed by atoms with Crippen LogP contribution in [0.1, 0.15) is 18.2 Å². The average molecular weight is 413 g/mol. The third kappa shape index (κ3) is 3.56. The Bertz CT molecular complexity index is 1190. The van der Waals surface area contributed by atoms with Gasteiger partial charge in [0.25, 0.3) is 5.56 Å². The molecule has 1 aromatic heterocycles. The minimum absolute atomic E-state index is 0.0337. The number of hydrogen-bond donors (Lipinski definition) is 2. The number of aromatic nitrogens is 1. The number of hydrogen-bond acceptors (Lipinski definition) is 4. The van der Waals surface area contributed by atoms with Gasteiger partial charge in [0, 0.05) is 29.9 Å². The number of hydrazine groups is 1. The standard InChI is InChI=1S/C21H18ClFN4O2/c1-12-17-11-26(15-6-7-19(23)18(22)9-15)25-20(17)10-21(29)27(12)16-5-3-4-14(8-16)24-13(2)28/h3-10,25H,11H2,1-2H3,(H,24,28). The highest BCUT2D eigenvalue weighted by Gasteiger charge is 2.24. The van der Waals surface area contributed by atoms with E-state index in [2.05, 4.69) is 10.7 Å². The monoisotopic (exact) mass is 412 g/mol. The molecule has 2 heterocycles. The van der Waals surface area contributed by atoms with Crippen molar-refractivity contribution in [2.24, 2.45) is 0 Å². The fourth-order valence-electron chi connectivity index (χ4n) is 3.47. The summed E-state index contributed by atoms with van der Waals surface area (Å²) < 4.78 is 15.1. The number of rotatable bonds is 3. The Hall–Kier alpha value is -3.32. The normalized spacial score (nSPS) is 12.5. The quantitative estimate of drug-likeness (QED) is 0.675. The highest BCUT2D eigenvalue weighted by molar-refractivity contribution is 6.31. The summed E-state index contributed by atoms with van der Waals surface area (Å²) in [7, 11) is 0. The van der Waals surface area contributed by atoms with E-state index in [9.17, 15) is 14.0 Å². The van der Waals surface area contributed by atoms with E-state index in [0.717, 1.165) is 11.3 Å². The maximum atomic E-state index is 13.5. The van der Waals surface area contributed by atoms with E-state index in [1.165, 1.54) is 25.1 Å². The molecule has 0 spiro atoms. The van der Waals surface area contributed by atoms with E-state index in [1.807, 2.05) is 13.0 Å². The lowest BCUT2D eigenvalue weighted by molar-refractivity contribution is -0.114. The number of carbonyl (C=O) groups is 1. The second-order valence-corrected chi connectivity index (χ2v) is 7.23. The molecule has 0 saturated heterocycles. The molecule has 0 fully saturated rings. The van der Waals surface area contributed by atoms with Crippen molar-refractivity contribution in [2.45, 2.75) is 20.4 Å². The molecule has 4 rings (SSSR count). The molecule has 1 amide bonds. The van der Waals surface area contributed by atoms with Gasteiger partial charge in [0.05, 0.1) is 28.6 Å². The number of fused-ring (bicyclic) bond motifs is 1. The van der Waals surface area contributed by atoms with Crippen molar-refractivity contribution >= 4 is 34.6 Å². The van der Waals surface area contributed by atoms with Gasteiger partial charge in [-0.05, 0) is 43.3 Å². The predicted octanol–water partition coefficient (Wildman–Crippen LogP) is 4.24. The lowest BCUT2D eigenvalue weighted by Gasteiger charge is -2.18. The molecule has 0 unspecified atom stereocenters. The van der Waals surface area contributed by atoms with Crippen LogP contribution in [0.5, 0.6) is 0 Å². The van der Waals surface area contributed by atoms with Crippen molar-refractivity contribution in [2.75, 3.05) is 15.8 Å². The van der Waals surface area contributed by atoms with Gasteiger partial charge in [0.1, 0.15) is 5.82 Å². The first kappa shape index (κ1) is 19.0. The highest BCUT2D eigenvalue weighted by atomic mass is 35.5. The summed E-state index contributed by atoms with van der Waals surface area (Å²) in [5.74, 6) is -0.667. The summed E-state index contributed by atoms with van der Waals surface area (Å²) >= 11 is 5.90. The third-order valence-electron chi connectivity index (χ3n) is 4.80. The van der Waals surface area contributed by atoms with E-state index in [1.54, 1.807) is 33.8 Å². The fraction of sp³-hybridized carbons (Fsp3) is 0.143. The van der Waals surface area contributed by atoms with Crippen molar-refractivity contribution in [3.05, 3.63) is 81.0 Å². The van der Waals surface area contributed by atoms with Gasteiger partial charge >= 0.3 is 0 Å². The number of nitrogens with one attached hydrogen (secondary N) is 2. The number of amides is 1. The Morgan fingerprint density at radius 3 is 2.69 bits per heavy atom. The highest BCUT2D eigenvalue weighted by Crippen LogP contribution is 2.32. The van der Waals surface area contributed by atoms with Crippen molar-refractivity contribution < 1.29 is 9.18 Å². The van der Waals surface area contributed by atoms with Crippen LogP contribution >= 0.6 is 11.6 Å². The van der Waals surface area contributed by atoms with Crippen LogP contribution in [-0.4, -0.2) is 10.5 Å². The molecule has 3 aromatic rings. The summed E-state index contributed by atoms with van der Waals surface area (Å²) in [4.78, 5) is 24.2. The zero-order valence-corrected chi connectivity index (χ0v) is 16.5. The summed E-state index contributed by atoms with van der Waals surface area (Å²) in [6, 6.07) is 13.1. The van der Waals surface area contributed by atoms with Gasteiger partial charge in [-0.25, -0.2) is 4.39 Å². The van der Waals surface area contributed by atoms with Crippen molar-refractivity contribution in [1.82, 2.24) is 4.57 Å². The molecule has 8 heteroatoms. The molecule has 6 nitrogen and oxygen atoms in total. The molecule has 0 radical (unpaired) electrons. The van der Waals surface area contributed by atoms with Gasteiger partial charge in [-0.1, -0.05) is 17.7 Å². The Balaban J connectivity index is 1.72. The molecule has 0 bridgehead atoms. The number of benzene rings is 2. The van der Waals surface area contributed by atoms with E-state index < -0.39 is 5.82 Å². The zero-order chi connectivity index (χ0) is 20.7. The first-order chi connectivity index (χ1) is 13.8. The van der Waals surface area contributed by atoms with Gasteiger partial charge < -0.3 is 5.32 Å². The van der Waals surface area contributed by atoms with Crippen LogP contribution in [0.25, 0.3) is 5.69 Å². The molecule has 148 valence electrons. The van der Waals surface area contributed by atoms with E-state index in [4.69, 9.17) is 11.6 Å². The molecule has 2 N–H and O–H groups in total. The summed E-state index contributed by atoms with van der Waals surface area (Å²) in [6.07, 6.45) is 0. The van der Waals surface area contributed by atoms with E-state index in [0.29, 0.717) is 29.3 Å². The minimum Gasteiger partial charge on any atom is -0.326 e. The number of nitrogens with zero attached hydrogens (tertiary/aromatic N) is 2. The lowest BCUT2D eigenvalue weighted by atomic mass is 10.1. The largest absolute Gasteiger partial charge is 0.326 e. The first-order valence-corrected chi connectivity index (χ1v) is 9.34. The topological polar surface area (TPSA) is 66.4 Å². The second-order valence-electron chi connectivity index (χ2n) is 6.82. The summed E-state index contributed by atoms with van der Waals surface area (Å²) in [5, 5.41) is 4.57. The van der Waals surface area contributed by atoms with Crippen LogP contribution in [0.4, 0.5) is 21.5 Å². The van der Waals surface area contributed by atoms with Crippen LogP contribution in [0, 0.1) is 12.7 Å². The van der Waals surface area contributed by atoms with E-state index in [-0.39, 0.29) is 16.5 Å². The molecular weight excluding hydrogens is 395 g/mol. The summed E-state index contributed by atoms with van der Waals surface area (Å²) in [6.45, 7) is 3.78. The Morgan fingerprint density at radius 2 is 1.97 bits per heavy atom. The first-order valence-electron chi connectivity index (χ1n) is 8.96. The van der Waals surface area contributed by atoms with Crippen molar-refractivity contribution in [1.29, 1.82) is 0 Å². The maximum absolute atomic E-state index is 13.5. The lowest BCUT2D eigenvalue weighted by Crippen LogP contribution is -2.22. The van der Waals surface area contributed by atoms with Crippen LogP contribution in [0.2, 0.25) is 5.02 Å². The van der Waals surface area contributed by atoms with Crippen LogP contribution in [0.3, 0.4) is 0 Å². The Kier molecular flexibility index (Phi) is 4.76. The van der Waals surface area contributed by atoms with Crippen LogP contribution < -0.4 is 21.3 Å². The molecule has 0 atom stereocenters. The third-order valence-corrected chi connectivity index (χ3v) is 5.09. The molecule has 29 heavy (non-hydrogen) atoms. The van der Waals surface area contributed by atoms with Gasteiger partial charge in [-0.2, -0.15) is 0 Å². The molecule has 1 aliphatic heterocycles. The average Bonchev–Trinajstić information content (AvgIpc) is 3.08. The van der Waals surface area contributed by atoms with E-state index >= 15 is 0 Å². The predicted molar refractivity (Wildman–Crippen MR) is 112 cm³/mol. The molecule has 2 aromatic carbocycles. The Labute approximate surface area is 171 Å². The molecule has 0 aliphatic carbocycles. The molecule has 0 saturated carbocycles. The number of pyridine rings is 1. The Morgan fingerprint density at radius 1 is 1.17 bits per heavy atom. The van der Waals surface area contributed by atoms with Crippen molar-refractivity contribution in [3.63, 3.8) is 0 Å². The van der Waals surface area contributed by atoms with Gasteiger partial charge in [0.15, 0.2) is 0 Å². The maximum Gasteiger partial charge on any atom is 0.257 e. The number of anilines is 3. The van der Waals surface area contributed by atoms with Gasteiger partial charge in [-0.15, -0.1) is 0 Å². The van der Waals surface area contributed by atoms with Crippen LogP contribution in [0.15, 0.2) is 53.3 Å². The van der Waals surface area contributed by atoms with Gasteiger partial charge in [0.2, 0.25) is 5.91 Å². The summed E-state index contributed by atoms with van der Waals surface area (Å²) in [5.41, 5.74) is 7.35. The molecular formula is C21H18ClFN4O2. The number of halogens is 2. The van der Waals surface area contributed by atoms with Crippen LogP contribution in [-0.2, 0) is 11.3 Å². The smallest absolute Gasteiger partial charge is 0.257 e. The SMILES string of the molecule is CC(=O)Nc1cccc(-n2c(C)c3c(cc2=O)NN(c2ccc(F)c(Cl)c2)C3)c1. The number of carbonyl (C=O) groups excluding carboxylic acids is 1. The zero-order valence-electron chi connectivity index (χ0n) is 15.8. The molecule has 1 aliphatic rings. The van der Waals surface area contributed by atoms with Gasteiger partial charge in [-0.3, -0.25) is 24.6 Å².